The molecule has 0 aliphatic heterocycles. The molecule has 2 rings (SSSR count). The molecule has 4 heteroatoms. The fourth-order valence-electron chi connectivity index (χ4n) is 1.79. The van der Waals surface area contributed by atoms with E-state index in [1.807, 2.05) is 12.1 Å². The molecule has 0 bridgehead atoms. The van der Waals surface area contributed by atoms with E-state index in [0.29, 0.717) is 0 Å². The summed E-state index contributed by atoms with van der Waals surface area (Å²) < 4.78 is 0. The maximum atomic E-state index is 9.75. The van der Waals surface area contributed by atoms with Gasteiger partial charge in [0.05, 0.1) is 6.10 Å². The number of rotatable bonds is 0. The molecule has 1 aliphatic carbocycles. The van der Waals surface area contributed by atoms with Crippen LogP contribution in [0.15, 0.2) is 18.2 Å². The average molecular weight is 234 g/mol. The lowest BCUT2D eigenvalue weighted by atomic mass is 9.86. The van der Waals surface area contributed by atoms with Crippen LogP contribution in [0.25, 0.3) is 0 Å². The van der Waals surface area contributed by atoms with Gasteiger partial charge in [0, 0.05) is 11.1 Å². The molecule has 1 aromatic carbocycles. The normalized spacial score (nSPS) is 25.1. The van der Waals surface area contributed by atoms with E-state index in [1.165, 1.54) is 0 Å². The minimum Gasteiger partial charge on any atom is -0.387 e. The highest BCUT2D eigenvalue weighted by Gasteiger charge is 2.24. The second-order valence-electron chi connectivity index (χ2n) is 3.49. The lowest BCUT2D eigenvalue weighted by Gasteiger charge is -2.27. The first kappa shape index (κ1) is 11.8. The van der Waals surface area contributed by atoms with Gasteiger partial charge in [-0.1, -0.05) is 17.7 Å². The van der Waals surface area contributed by atoms with Gasteiger partial charge < -0.3 is 10.8 Å². The Balaban J connectivity index is 0.000000980. The van der Waals surface area contributed by atoms with Gasteiger partial charge in [-0.3, -0.25) is 0 Å². The van der Waals surface area contributed by atoms with Gasteiger partial charge in [-0.2, -0.15) is 0 Å². The molecular formula is C10H13Cl2NO. The fraction of sp³-hybridized carbons (Fsp3) is 0.400. The van der Waals surface area contributed by atoms with Crippen molar-refractivity contribution in [3.63, 3.8) is 0 Å². The number of nitrogens with two attached hydrogens (primary N) is 1. The monoisotopic (exact) mass is 233 g/mol. The zero-order valence-electron chi connectivity index (χ0n) is 7.61. The van der Waals surface area contributed by atoms with Crippen LogP contribution in [0.5, 0.6) is 0 Å². The number of aliphatic hydroxyl groups excluding tert-OH is 1. The Bertz CT molecular complexity index is 330. The smallest absolute Gasteiger partial charge is 0.0943 e. The van der Waals surface area contributed by atoms with Crippen molar-refractivity contribution >= 4 is 24.0 Å². The van der Waals surface area contributed by atoms with Crippen molar-refractivity contribution in [3.05, 3.63) is 34.3 Å². The van der Waals surface area contributed by atoms with Crippen LogP contribution in [0.2, 0.25) is 5.02 Å². The molecule has 78 valence electrons. The third-order valence-electron chi connectivity index (χ3n) is 2.58. The van der Waals surface area contributed by atoms with E-state index in [0.717, 1.165) is 29.0 Å². The third kappa shape index (κ3) is 2.04. The molecule has 2 unspecified atom stereocenters. The van der Waals surface area contributed by atoms with E-state index in [-0.39, 0.29) is 18.4 Å². The van der Waals surface area contributed by atoms with Gasteiger partial charge in [0.1, 0.15) is 0 Å². The minimum absolute atomic E-state index is 0. The molecule has 14 heavy (non-hydrogen) atoms. The van der Waals surface area contributed by atoms with E-state index in [2.05, 4.69) is 0 Å². The molecule has 3 N–H and O–H groups in total. The summed E-state index contributed by atoms with van der Waals surface area (Å²) in [5, 5.41) is 10.5. The summed E-state index contributed by atoms with van der Waals surface area (Å²) in [5.74, 6) is 0. The predicted octanol–water partition coefficient (Wildman–Crippen LogP) is 2.07. The van der Waals surface area contributed by atoms with Crippen molar-refractivity contribution in [2.45, 2.75) is 25.0 Å². The van der Waals surface area contributed by atoms with Crippen molar-refractivity contribution in [1.82, 2.24) is 0 Å². The second-order valence-corrected chi connectivity index (χ2v) is 3.93. The molecule has 0 heterocycles. The molecule has 1 aliphatic rings. The molecule has 0 spiro atoms. The summed E-state index contributed by atoms with van der Waals surface area (Å²) >= 11 is 5.85. The molecular weight excluding hydrogens is 221 g/mol. The molecule has 0 saturated heterocycles. The SMILES string of the molecule is Cl.NC1CCc2cc(Cl)ccc2C1O. The van der Waals surface area contributed by atoms with Crippen LogP contribution in [-0.4, -0.2) is 11.1 Å². The minimum atomic E-state index is -0.527. The Morgan fingerprint density at radius 1 is 1.43 bits per heavy atom. The van der Waals surface area contributed by atoms with E-state index in [4.69, 9.17) is 17.3 Å². The van der Waals surface area contributed by atoms with Crippen LogP contribution in [0.1, 0.15) is 23.7 Å². The summed E-state index contributed by atoms with van der Waals surface area (Å²) in [6.45, 7) is 0. The first-order valence-corrected chi connectivity index (χ1v) is 4.78. The molecule has 0 fully saturated rings. The Hall–Kier alpha value is -0.280. The van der Waals surface area contributed by atoms with Crippen LogP contribution in [0, 0.1) is 0 Å². The number of fused-ring (bicyclic) bond motifs is 1. The molecule has 0 aromatic heterocycles. The lowest BCUT2D eigenvalue weighted by molar-refractivity contribution is 0.134. The third-order valence-corrected chi connectivity index (χ3v) is 2.81. The summed E-state index contributed by atoms with van der Waals surface area (Å²) in [5.41, 5.74) is 7.81. The van der Waals surface area contributed by atoms with Gasteiger partial charge in [-0.15, -0.1) is 12.4 Å². The maximum absolute atomic E-state index is 9.75. The standard InChI is InChI=1S/C10H12ClNO.ClH/c11-7-2-3-8-6(5-7)1-4-9(12)10(8)13;/h2-3,5,9-10,13H,1,4,12H2;1H. The van der Waals surface area contributed by atoms with E-state index in [9.17, 15) is 5.11 Å². The number of aryl methyl sites for hydroxylation is 1. The topological polar surface area (TPSA) is 46.2 Å². The fourth-order valence-corrected chi connectivity index (χ4v) is 1.98. The number of halogens is 2. The first-order chi connectivity index (χ1) is 6.18. The highest BCUT2D eigenvalue weighted by Crippen LogP contribution is 2.30. The maximum Gasteiger partial charge on any atom is 0.0943 e. The van der Waals surface area contributed by atoms with Gasteiger partial charge >= 0.3 is 0 Å². The summed E-state index contributed by atoms with van der Waals surface area (Å²) in [6.07, 6.45) is 1.21. The predicted molar refractivity (Wildman–Crippen MR) is 60.0 cm³/mol. The zero-order valence-corrected chi connectivity index (χ0v) is 9.18. The highest BCUT2D eigenvalue weighted by atomic mass is 35.5. The van der Waals surface area contributed by atoms with Gasteiger partial charge in [0.25, 0.3) is 0 Å². The zero-order chi connectivity index (χ0) is 9.42. The Labute approximate surface area is 94.5 Å². The van der Waals surface area contributed by atoms with Crippen LogP contribution >= 0.6 is 24.0 Å². The summed E-state index contributed by atoms with van der Waals surface area (Å²) in [6, 6.07) is 5.43. The van der Waals surface area contributed by atoms with E-state index in [1.54, 1.807) is 6.07 Å². The Morgan fingerprint density at radius 3 is 2.86 bits per heavy atom. The largest absolute Gasteiger partial charge is 0.387 e. The Kier molecular flexibility index (Phi) is 3.78. The average Bonchev–Trinajstić information content (AvgIpc) is 2.12. The molecule has 0 saturated carbocycles. The van der Waals surface area contributed by atoms with Gasteiger partial charge in [-0.05, 0) is 36.1 Å². The lowest BCUT2D eigenvalue weighted by Crippen LogP contribution is -2.32. The second kappa shape index (κ2) is 4.49. The van der Waals surface area contributed by atoms with E-state index < -0.39 is 6.10 Å². The summed E-state index contributed by atoms with van der Waals surface area (Å²) in [4.78, 5) is 0. The van der Waals surface area contributed by atoms with Crippen LogP contribution in [-0.2, 0) is 6.42 Å². The quantitative estimate of drug-likeness (QED) is 0.721. The number of aliphatic hydroxyl groups is 1. The Morgan fingerprint density at radius 2 is 2.14 bits per heavy atom. The number of benzene rings is 1. The highest BCUT2D eigenvalue weighted by molar-refractivity contribution is 6.30. The molecule has 1 aromatic rings. The van der Waals surface area contributed by atoms with Gasteiger partial charge in [0.2, 0.25) is 0 Å². The van der Waals surface area contributed by atoms with Crippen LogP contribution in [0.3, 0.4) is 0 Å². The van der Waals surface area contributed by atoms with Crippen molar-refractivity contribution in [1.29, 1.82) is 0 Å². The number of hydrogen-bond acceptors (Lipinski definition) is 2. The van der Waals surface area contributed by atoms with Crippen molar-refractivity contribution in [2.75, 3.05) is 0 Å². The molecule has 2 nitrogen and oxygen atoms in total. The van der Waals surface area contributed by atoms with Crippen molar-refractivity contribution in [2.24, 2.45) is 5.73 Å². The van der Waals surface area contributed by atoms with Gasteiger partial charge in [0.15, 0.2) is 0 Å². The van der Waals surface area contributed by atoms with Crippen LogP contribution < -0.4 is 5.73 Å². The molecule has 0 amide bonds. The molecule has 2 atom stereocenters. The van der Waals surface area contributed by atoms with E-state index >= 15 is 0 Å². The molecule has 0 radical (unpaired) electrons. The first-order valence-electron chi connectivity index (χ1n) is 4.40. The van der Waals surface area contributed by atoms with Crippen molar-refractivity contribution in [3.8, 4) is 0 Å². The summed E-state index contributed by atoms with van der Waals surface area (Å²) in [7, 11) is 0. The number of hydrogen-bond donors (Lipinski definition) is 2. The van der Waals surface area contributed by atoms with Crippen molar-refractivity contribution < 1.29 is 5.11 Å². The van der Waals surface area contributed by atoms with Crippen LogP contribution in [0.4, 0.5) is 0 Å². The van der Waals surface area contributed by atoms with Gasteiger partial charge in [-0.25, -0.2) is 0 Å².